The van der Waals surface area contributed by atoms with E-state index in [2.05, 4.69) is 12.1 Å². The highest BCUT2D eigenvalue weighted by Crippen LogP contribution is 2.26. The van der Waals surface area contributed by atoms with Crippen LogP contribution in [0.15, 0.2) is 48.5 Å². The van der Waals surface area contributed by atoms with Crippen LogP contribution in [0.1, 0.15) is 30.9 Å². The number of ether oxygens (including phenoxy) is 4. The summed E-state index contributed by atoms with van der Waals surface area (Å²) in [7, 11) is 1.58. The van der Waals surface area contributed by atoms with E-state index in [-0.39, 0.29) is 12.8 Å². The molecule has 27 heavy (non-hydrogen) atoms. The van der Waals surface area contributed by atoms with Crippen molar-refractivity contribution in [1.82, 2.24) is 0 Å². The minimum absolute atomic E-state index is 0.176. The summed E-state index contributed by atoms with van der Waals surface area (Å²) in [6, 6.07) is 16.0. The van der Waals surface area contributed by atoms with Gasteiger partial charge in [-0.05, 0) is 43.4 Å². The highest BCUT2D eigenvalue weighted by atomic mass is 16.7. The second-order valence-corrected chi connectivity index (χ2v) is 6.06. The van der Waals surface area contributed by atoms with E-state index in [4.69, 9.17) is 18.9 Å². The molecule has 5 heteroatoms. The number of carbonyl (C=O) groups is 1. The van der Waals surface area contributed by atoms with Gasteiger partial charge in [0.2, 0.25) is 0 Å². The molecule has 0 N–H and O–H groups in total. The fourth-order valence-corrected chi connectivity index (χ4v) is 2.67. The summed E-state index contributed by atoms with van der Waals surface area (Å²) in [6.07, 6.45) is 2.76. The van der Waals surface area contributed by atoms with Gasteiger partial charge in [-0.1, -0.05) is 36.4 Å². The number of hydrogen-bond donors (Lipinski definition) is 0. The third-order valence-electron chi connectivity index (χ3n) is 4.00. The zero-order valence-electron chi connectivity index (χ0n) is 16.1. The van der Waals surface area contributed by atoms with Gasteiger partial charge >= 0.3 is 5.97 Å². The van der Waals surface area contributed by atoms with Gasteiger partial charge in [0, 0.05) is 19.6 Å². The molecule has 0 aromatic heterocycles. The van der Waals surface area contributed by atoms with Crippen molar-refractivity contribution in [3.8, 4) is 11.5 Å². The first kappa shape index (κ1) is 20.8. The molecule has 0 amide bonds. The summed E-state index contributed by atoms with van der Waals surface area (Å²) < 4.78 is 21.4. The first-order valence-electron chi connectivity index (χ1n) is 9.30. The van der Waals surface area contributed by atoms with Gasteiger partial charge in [0.1, 0.15) is 11.5 Å². The first-order valence-corrected chi connectivity index (χ1v) is 9.30. The largest absolute Gasteiger partial charge is 0.493 e. The van der Waals surface area contributed by atoms with E-state index in [0.717, 1.165) is 24.2 Å². The lowest BCUT2D eigenvalue weighted by Gasteiger charge is -2.14. The average Bonchev–Trinajstić information content (AvgIpc) is 2.70. The minimum atomic E-state index is -0.202. The van der Waals surface area contributed by atoms with Gasteiger partial charge in [0.15, 0.2) is 6.79 Å². The third kappa shape index (κ3) is 7.71. The Labute approximate surface area is 161 Å². The number of carbonyl (C=O) groups excluding carboxylic acids is 1. The Kier molecular flexibility index (Phi) is 9.21. The molecule has 0 heterocycles. The van der Waals surface area contributed by atoms with Gasteiger partial charge in [-0.15, -0.1) is 0 Å². The normalized spacial score (nSPS) is 10.4. The van der Waals surface area contributed by atoms with E-state index in [1.54, 1.807) is 14.0 Å². The lowest BCUT2D eigenvalue weighted by molar-refractivity contribution is -0.143. The molecule has 146 valence electrons. The van der Waals surface area contributed by atoms with Gasteiger partial charge in [-0.2, -0.15) is 0 Å². The van der Waals surface area contributed by atoms with E-state index in [1.807, 2.05) is 36.4 Å². The van der Waals surface area contributed by atoms with Crippen molar-refractivity contribution < 1.29 is 23.7 Å². The van der Waals surface area contributed by atoms with Gasteiger partial charge in [-0.25, -0.2) is 0 Å². The first-order chi connectivity index (χ1) is 13.2. The molecule has 0 saturated carbocycles. The maximum Gasteiger partial charge on any atom is 0.306 e. The van der Waals surface area contributed by atoms with Gasteiger partial charge in [0.05, 0.1) is 13.2 Å². The van der Waals surface area contributed by atoms with Crippen LogP contribution in [0.4, 0.5) is 0 Å². The molecule has 0 aliphatic rings. The topological polar surface area (TPSA) is 54.0 Å². The summed E-state index contributed by atoms with van der Waals surface area (Å²) in [6.45, 7) is 2.97. The molecule has 0 fully saturated rings. The van der Waals surface area contributed by atoms with Crippen LogP contribution in [0.2, 0.25) is 0 Å². The van der Waals surface area contributed by atoms with Crippen molar-refractivity contribution >= 4 is 5.97 Å². The molecule has 5 nitrogen and oxygen atoms in total. The average molecular weight is 372 g/mol. The summed E-state index contributed by atoms with van der Waals surface area (Å²) in [5, 5.41) is 0. The van der Waals surface area contributed by atoms with Gasteiger partial charge in [-0.3, -0.25) is 4.79 Å². The Balaban J connectivity index is 1.94. The van der Waals surface area contributed by atoms with Crippen LogP contribution in [-0.2, 0) is 27.1 Å². The van der Waals surface area contributed by atoms with Gasteiger partial charge in [0.25, 0.3) is 0 Å². The summed E-state index contributed by atoms with van der Waals surface area (Å²) in [4.78, 5) is 11.6. The lowest BCUT2D eigenvalue weighted by Crippen LogP contribution is -2.07. The summed E-state index contributed by atoms with van der Waals surface area (Å²) in [5.41, 5.74) is 2.26. The Morgan fingerprint density at radius 3 is 2.56 bits per heavy atom. The second kappa shape index (κ2) is 12.0. The van der Waals surface area contributed by atoms with Crippen LogP contribution in [0, 0.1) is 0 Å². The third-order valence-corrected chi connectivity index (χ3v) is 4.00. The van der Waals surface area contributed by atoms with Crippen LogP contribution in [-0.4, -0.2) is 33.1 Å². The standard InChI is InChI=1S/C22H28O5/c1-3-25-22(23)14-12-19-11-13-20(27-17-24-2)16-21(19)26-15-7-10-18-8-5-4-6-9-18/h4-6,8-9,11,13,16H,3,7,10,12,14-15,17H2,1-2H3. The van der Waals surface area contributed by atoms with Crippen LogP contribution in [0.25, 0.3) is 0 Å². The van der Waals surface area contributed by atoms with Crippen molar-refractivity contribution in [2.24, 2.45) is 0 Å². The smallest absolute Gasteiger partial charge is 0.306 e. The van der Waals surface area contributed by atoms with Gasteiger partial charge < -0.3 is 18.9 Å². The summed E-state index contributed by atoms with van der Waals surface area (Å²) in [5.74, 6) is 1.21. The molecule has 0 spiro atoms. The maximum absolute atomic E-state index is 11.6. The molecule has 0 atom stereocenters. The Hall–Kier alpha value is -2.53. The Morgan fingerprint density at radius 1 is 1.00 bits per heavy atom. The monoisotopic (exact) mass is 372 g/mol. The van der Waals surface area contributed by atoms with E-state index in [1.165, 1.54) is 5.56 Å². The van der Waals surface area contributed by atoms with Crippen LogP contribution in [0.3, 0.4) is 0 Å². The van der Waals surface area contributed by atoms with Crippen LogP contribution in [0.5, 0.6) is 11.5 Å². The quantitative estimate of drug-likeness (QED) is 0.318. The predicted octanol–water partition coefficient (Wildman–Crippen LogP) is 4.18. The summed E-state index contributed by atoms with van der Waals surface area (Å²) >= 11 is 0. The highest BCUT2D eigenvalue weighted by molar-refractivity contribution is 5.69. The number of hydrogen-bond acceptors (Lipinski definition) is 5. The van der Waals surface area contributed by atoms with Crippen molar-refractivity contribution in [2.45, 2.75) is 32.6 Å². The van der Waals surface area contributed by atoms with Crippen molar-refractivity contribution in [3.63, 3.8) is 0 Å². The number of aryl methyl sites for hydroxylation is 2. The number of rotatable bonds is 12. The molecule has 0 saturated heterocycles. The molecule has 0 unspecified atom stereocenters. The fraction of sp³-hybridized carbons (Fsp3) is 0.409. The molecule has 2 rings (SSSR count). The molecule has 2 aromatic rings. The van der Waals surface area contributed by atoms with Crippen LogP contribution < -0.4 is 9.47 Å². The second-order valence-electron chi connectivity index (χ2n) is 6.06. The molecule has 0 aliphatic heterocycles. The van der Waals surface area contributed by atoms with Crippen molar-refractivity contribution in [2.75, 3.05) is 27.1 Å². The van der Waals surface area contributed by atoms with Crippen molar-refractivity contribution in [3.05, 3.63) is 59.7 Å². The fourth-order valence-electron chi connectivity index (χ4n) is 2.67. The number of benzene rings is 2. The van der Waals surface area contributed by atoms with E-state index in [9.17, 15) is 4.79 Å². The van der Waals surface area contributed by atoms with E-state index in [0.29, 0.717) is 31.8 Å². The van der Waals surface area contributed by atoms with Crippen LogP contribution >= 0.6 is 0 Å². The predicted molar refractivity (Wildman–Crippen MR) is 104 cm³/mol. The zero-order chi connectivity index (χ0) is 19.3. The number of methoxy groups -OCH3 is 1. The van der Waals surface area contributed by atoms with E-state index < -0.39 is 0 Å². The van der Waals surface area contributed by atoms with Crippen molar-refractivity contribution in [1.29, 1.82) is 0 Å². The molecular weight excluding hydrogens is 344 g/mol. The Bertz CT molecular complexity index is 684. The molecule has 0 aliphatic carbocycles. The molecule has 0 bridgehead atoms. The maximum atomic E-state index is 11.6. The molecule has 2 aromatic carbocycles. The molecule has 0 radical (unpaired) electrons. The minimum Gasteiger partial charge on any atom is -0.493 e. The van der Waals surface area contributed by atoms with E-state index >= 15 is 0 Å². The SMILES string of the molecule is CCOC(=O)CCc1ccc(OCOC)cc1OCCCc1ccccc1. The number of esters is 1. The highest BCUT2D eigenvalue weighted by Gasteiger charge is 2.10. The molecular formula is C22H28O5. The zero-order valence-corrected chi connectivity index (χ0v) is 16.1. The Morgan fingerprint density at radius 2 is 1.81 bits per heavy atom. The lowest BCUT2D eigenvalue weighted by atomic mass is 10.1.